The summed E-state index contributed by atoms with van der Waals surface area (Å²) in [6, 6.07) is 7.98. The Labute approximate surface area is 91.3 Å². The summed E-state index contributed by atoms with van der Waals surface area (Å²) in [4.78, 5) is -0.0157. The molecule has 0 aliphatic rings. The first-order valence-electron chi connectivity index (χ1n) is 4.24. The second kappa shape index (κ2) is 4.69. The molecule has 0 fully saturated rings. The SMILES string of the molecule is O=S(=O)(CC=CC(F)(F)F)c1cc[c]cc1. The summed E-state index contributed by atoms with van der Waals surface area (Å²) in [5.74, 6) is -0.670. The zero-order chi connectivity index (χ0) is 12.2. The molecule has 0 unspecified atom stereocenters. The first-order chi connectivity index (χ1) is 7.31. The highest BCUT2D eigenvalue weighted by molar-refractivity contribution is 7.91. The third-order valence-electron chi connectivity index (χ3n) is 1.67. The topological polar surface area (TPSA) is 34.1 Å². The molecule has 0 spiro atoms. The summed E-state index contributed by atoms with van der Waals surface area (Å²) in [5, 5.41) is 0. The lowest BCUT2D eigenvalue weighted by Crippen LogP contribution is -2.07. The van der Waals surface area contributed by atoms with Crippen molar-refractivity contribution in [2.24, 2.45) is 0 Å². The molecular formula is C10H8F3O2S. The number of hydrogen-bond donors (Lipinski definition) is 0. The van der Waals surface area contributed by atoms with Crippen LogP contribution < -0.4 is 0 Å². The quantitative estimate of drug-likeness (QED) is 0.771. The predicted octanol–water partition coefficient (Wildman–Crippen LogP) is 2.38. The Hall–Kier alpha value is -1.30. The van der Waals surface area contributed by atoms with E-state index in [1.807, 2.05) is 0 Å². The Morgan fingerprint density at radius 1 is 1.25 bits per heavy atom. The minimum absolute atomic E-state index is 0.0157. The van der Waals surface area contributed by atoms with E-state index in [1.54, 1.807) is 0 Å². The maximum absolute atomic E-state index is 11.7. The maximum Gasteiger partial charge on any atom is 0.409 e. The highest BCUT2D eigenvalue weighted by Crippen LogP contribution is 2.17. The largest absolute Gasteiger partial charge is 0.409 e. The van der Waals surface area contributed by atoms with E-state index in [0.717, 1.165) is 0 Å². The van der Waals surface area contributed by atoms with E-state index in [2.05, 4.69) is 6.07 Å². The molecule has 0 N–H and O–H groups in total. The van der Waals surface area contributed by atoms with E-state index in [4.69, 9.17) is 0 Å². The van der Waals surface area contributed by atoms with Gasteiger partial charge in [0.25, 0.3) is 0 Å². The first-order valence-corrected chi connectivity index (χ1v) is 5.90. The molecule has 1 radical (unpaired) electrons. The van der Waals surface area contributed by atoms with Crippen LogP contribution in [0.4, 0.5) is 13.2 Å². The van der Waals surface area contributed by atoms with E-state index < -0.39 is 21.8 Å². The maximum atomic E-state index is 11.7. The third kappa shape index (κ3) is 4.06. The monoisotopic (exact) mass is 249 g/mol. The fourth-order valence-electron chi connectivity index (χ4n) is 0.984. The molecule has 0 amide bonds. The zero-order valence-electron chi connectivity index (χ0n) is 8.03. The molecule has 1 rings (SSSR count). The van der Waals surface area contributed by atoms with Crippen LogP contribution in [0, 0.1) is 6.07 Å². The molecule has 2 nitrogen and oxygen atoms in total. The highest BCUT2D eigenvalue weighted by atomic mass is 32.2. The van der Waals surface area contributed by atoms with Gasteiger partial charge < -0.3 is 0 Å². The van der Waals surface area contributed by atoms with Crippen LogP contribution >= 0.6 is 0 Å². The lowest BCUT2D eigenvalue weighted by atomic mass is 10.4. The molecule has 0 saturated carbocycles. The fraction of sp³-hybridized carbons (Fsp3) is 0.200. The van der Waals surface area contributed by atoms with Crippen molar-refractivity contribution < 1.29 is 21.6 Å². The van der Waals surface area contributed by atoms with E-state index >= 15 is 0 Å². The van der Waals surface area contributed by atoms with Gasteiger partial charge in [0.15, 0.2) is 9.84 Å². The molecule has 6 heteroatoms. The summed E-state index contributed by atoms with van der Waals surface area (Å²) in [5.41, 5.74) is 0. The summed E-state index contributed by atoms with van der Waals surface area (Å²) in [6.07, 6.45) is -3.98. The van der Waals surface area contributed by atoms with Gasteiger partial charge in [-0.1, -0.05) is 18.2 Å². The van der Waals surface area contributed by atoms with Gasteiger partial charge in [-0.25, -0.2) is 8.42 Å². The van der Waals surface area contributed by atoms with Crippen molar-refractivity contribution in [2.75, 3.05) is 5.75 Å². The van der Waals surface area contributed by atoms with E-state index in [0.29, 0.717) is 6.08 Å². The summed E-state index contributed by atoms with van der Waals surface area (Å²) in [7, 11) is -3.69. The Kier molecular flexibility index (Phi) is 3.74. The summed E-state index contributed by atoms with van der Waals surface area (Å²) in [6.45, 7) is 0. The second-order valence-corrected chi connectivity index (χ2v) is 5.00. The van der Waals surface area contributed by atoms with E-state index in [1.165, 1.54) is 24.3 Å². The molecule has 1 aromatic carbocycles. The van der Waals surface area contributed by atoms with Crippen molar-refractivity contribution in [1.82, 2.24) is 0 Å². The predicted molar refractivity (Wildman–Crippen MR) is 52.5 cm³/mol. The Morgan fingerprint density at radius 2 is 1.81 bits per heavy atom. The molecule has 0 saturated heterocycles. The lowest BCUT2D eigenvalue weighted by molar-refractivity contribution is -0.0799. The van der Waals surface area contributed by atoms with Crippen molar-refractivity contribution in [3.63, 3.8) is 0 Å². The second-order valence-electron chi connectivity index (χ2n) is 2.96. The van der Waals surface area contributed by atoms with Gasteiger partial charge >= 0.3 is 6.18 Å². The van der Waals surface area contributed by atoms with Crippen molar-refractivity contribution in [3.05, 3.63) is 42.5 Å². The Bertz CT molecular complexity index is 461. The van der Waals surface area contributed by atoms with Gasteiger partial charge in [0, 0.05) is 6.08 Å². The van der Waals surface area contributed by atoms with Gasteiger partial charge in [0.2, 0.25) is 0 Å². The van der Waals surface area contributed by atoms with E-state index in [-0.39, 0.29) is 11.0 Å². The molecule has 0 aromatic heterocycles. The van der Waals surface area contributed by atoms with Crippen LogP contribution in [-0.2, 0) is 9.84 Å². The molecular weight excluding hydrogens is 241 g/mol. The van der Waals surface area contributed by atoms with Crippen molar-refractivity contribution in [1.29, 1.82) is 0 Å². The van der Waals surface area contributed by atoms with Crippen LogP contribution in [0.5, 0.6) is 0 Å². The highest BCUT2D eigenvalue weighted by Gasteiger charge is 2.22. The minimum Gasteiger partial charge on any atom is -0.223 e. The van der Waals surface area contributed by atoms with Gasteiger partial charge in [-0.3, -0.25) is 0 Å². The zero-order valence-corrected chi connectivity index (χ0v) is 8.85. The molecule has 87 valence electrons. The normalized spacial score (nSPS) is 13.2. The summed E-state index contributed by atoms with van der Waals surface area (Å²) >= 11 is 0. The number of allylic oxidation sites excluding steroid dienone is 1. The van der Waals surface area contributed by atoms with Crippen LogP contribution in [0.1, 0.15) is 0 Å². The van der Waals surface area contributed by atoms with Crippen molar-refractivity contribution in [3.8, 4) is 0 Å². The Balaban J connectivity index is 2.79. The van der Waals surface area contributed by atoms with Gasteiger partial charge in [-0.05, 0) is 18.2 Å². The minimum atomic E-state index is -4.49. The number of sulfone groups is 1. The summed E-state index contributed by atoms with van der Waals surface area (Å²) < 4.78 is 58.2. The van der Waals surface area contributed by atoms with Gasteiger partial charge in [-0.2, -0.15) is 13.2 Å². The van der Waals surface area contributed by atoms with Gasteiger partial charge in [0.05, 0.1) is 10.6 Å². The number of hydrogen-bond acceptors (Lipinski definition) is 2. The average Bonchev–Trinajstić information content (AvgIpc) is 2.17. The lowest BCUT2D eigenvalue weighted by Gasteiger charge is -2.01. The average molecular weight is 249 g/mol. The fourth-order valence-corrected chi connectivity index (χ4v) is 2.08. The van der Waals surface area contributed by atoms with Gasteiger partial charge in [-0.15, -0.1) is 0 Å². The van der Waals surface area contributed by atoms with Crippen LogP contribution in [-0.4, -0.2) is 20.3 Å². The molecule has 16 heavy (non-hydrogen) atoms. The number of rotatable bonds is 3. The smallest absolute Gasteiger partial charge is 0.223 e. The molecule has 1 aromatic rings. The van der Waals surface area contributed by atoms with Crippen LogP contribution in [0.3, 0.4) is 0 Å². The number of halogens is 3. The third-order valence-corrected chi connectivity index (χ3v) is 3.29. The van der Waals surface area contributed by atoms with Crippen molar-refractivity contribution >= 4 is 9.84 Å². The van der Waals surface area contributed by atoms with Crippen LogP contribution in [0.25, 0.3) is 0 Å². The van der Waals surface area contributed by atoms with Crippen LogP contribution in [0.15, 0.2) is 41.3 Å². The number of alkyl halides is 3. The van der Waals surface area contributed by atoms with Crippen LogP contribution in [0.2, 0.25) is 0 Å². The standard InChI is InChI=1S/C10H8F3O2S/c11-10(12,13)7-4-8-16(14,15)9-5-2-1-3-6-9/h2-7H,8H2. The number of benzene rings is 1. The Morgan fingerprint density at radius 3 is 2.31 bits per heavy atom. The molecule has 0 atom stereocenters. The molecule has 0 aliphatic carbocycles. The first kappa shape index (κ1) is 12.8. The molecule has 0 aliphatic heterocycles. The molecule has 0 heterocycles. The van der Waals surface area contributed by atoms with Crippen molar-refractivity contribution in [2.45, 2.75) is 11.1 Å². The van der Waals surface area contributed by atoms with Gasteiger partial charge in [0.1, 0.15) is 0 Å². The molecule has 0 bridgehead atoms. The van der Waals surface area contributed by atoms with E-state index in [9.17, 15) is 21.6 Å².